The van der Waals surface area contributed by atoms with Gasteiger partial charge in [-0.1, -0.05) is 13.8 Å². The van der Waals surface area contributed by atoms with Gasteiger partial charge in [-0.05, 0) is 24.8 Å². The standard InChI is InChI=1S/C13H18N4O/c1-10(2)5-3-6-15-13(18)11-9-16-17-8-4-7-14-12(11)17/h4,7-10H,3,5-6H2,1-2H3,(H,15,18). The SMILES string of the molecule is CC(C)CCCNC(=O)c1cnn2cccnc12. The predicted molar refractivity (Wildman–Crippen MR) is 69.4 cm³/mol. The number of carbonyl (C=O) groups excluding carboxylic acids is 1. The summed E-state index contributed by atoms with van der Waals surface area (Å²) < 4.78 is 1.60. The molecule has 0 spiro atoms. The number of amides is 1. The largest absolute Gasteiger partial charge is 0.352 e. The molecule has 0 fully saturated rings. The van der Waals surface area contributed by atoms with Crippen LogP contribution in [0.3, 0.4) is 0 Å². The van der Waals surface area contributed by atoms with Crippen LogP contribution in [-0.2, 0) is 0 Å². The molecule has 0 bridgehead atoms. The Morgan fingerprint density at radius 3 is 3.11 bits per heavy atom. The van der Waals surface area contributed by atoms with Gasteiger partial charge in [0, 0.05) is 18.9 Å². The molecule has 0 saturated heterocycles. The minimum absolute atomic E-state index is 0.104. The van der Waals surface area contributed by atoms with E-state index in [1.807, 2.05) is 0 Å². The summed E-state index contributed by atoms with van der Waals surface area (Å²) in [6.07, 6.45) is 7.11. The quantitative estimate of drug-likeness (QED) is 0.820. The van der Waals surface area contributed by atoms with Crippen LogP contribution in [0, 0.1) is 5.92 Å². The second-order valence-corrected chi connectivity index (χ2v) is 4.74. The van der Waals surface area contributed by atoms with Crippen LogP contribution in [0.15, 0.2) is 24.7 Å². The Labute approximate surface area is 106 Å². The first kappa shape index (κ1) is 12.5. The van der Waals surface area contributed by atoms with Gasteiger partial charge < -0.3 is 5.32 Å². The van der Waals surface area contributed by atoms with Crippen LogP contribution in [-0.4, -0.2) is 27.0 Å². The summed E-state index contributed by atoms with van der Waals surface area (Å²) in [6.45, 7) is 5.05. The molecular weight excluding hydrogens is 228 g/mol. The molecule has 5 nitrogen and oxygen atoms in total. The van der Waals surface area contributed by atoms with E-state index in [0.29, 0.717) is 23.7 Å². The Hall–Kier alpha value is -1.91. The normalized spacial score (nSPS) is 11.1. The second-order valence-electron chi connectivity index (χ2n) is 4.74. The monoisotopic (exact) mass is 246 g/mol. The lowest BCUT2D eigenvalue weighted by atomic mass is 10.1. The van der Waals surface area contributed by atoms with Crippen LogP contribution in [0.25, 0.3) is 5.65 Å². The third-order valence-electron chi connectivity index (χ3n) is 2.77. The average Bonchev–Trinajstić information content (AvgIpc) is 2.78. The third-order valence-corrected chi connectivity index (χ3v) is 2.77. The lowest BCUT2D eigenvalue weighted by Gasteiger charge is -2.05. The van der Waals surface area contributed by atoms with Gasteiger partial charge in [0.25, 0.3) is 5.91 Å². The van der Waals surface area contributed by atoms with E-state index in [1.54, 1.807) is 29.2 Å². The highest BCUT2D eigenvalue weighted by Crippen LogP contribution is 2.07. The molecule has 0 radical (unpaired) electrons. The first-order chi connectivity index (χ1) is 8.68. The van der Waals surface area contributed by atoms with Crippen molar-refractivity contribution in [3.05, 3.63) is 30.2 Å². The van der Waals surface area contributed by atoms with Crippen LogP contribution in [0.5, 0.6) is 0 Å². The van der Waals surface area contributed by atoms with E-state index in [9.17, 15) is 4.79 Å². The molecule has 5 heteroatoms. The lowest BCUT2D eigenvalue weighted by molar-refractivity contribution is 0.0954. The molecule has 18 heavy (non-hydrogen) atoms. The minimum Gasteiger partial charge on any atom is -0.352 e. The second kappa shape index (κ2) is 5.62. The molecular formula is C13H18N4O. The number of nitrogens with zero attached hydrogens (tertiary/aromatic N) is 3. The first-order valence-corrected chi connectivity index (χ1v) is 6.25. The Bertz CT molecular complexity index is 533. The summed E-state index contributed by atoms with van der Waals surface area (Å²) in [5.41, 5.74) is 1.12. The number of hydrogen-bond acceptors (Lipinski definition) is 3. The van der Waals surface area contributed by atoms with E-state index in [1.165, 1.54) is 0 Å². The van der Waals surface area contributed by atoms with Crippen LogP contribution in [0.2, 0.25) is 0 Å². The molecule has 0 saturated carbocycles. The molecule has 0 atom stereocenters. The van der Waals surface area contributed by atoms with E-state index in [-0.39, 0.29) is 5.91 Å². The number of aromatic nitrogens is 3. The van der Waals surface area contributed by atoms with Crippen LogP contribution in [0.1, 0.15) is 37.0 Å². The molecule has 1 amide bonds. The van der Waals surface area contributed by atoms with Gasteiger partial charge in [-0.3, -0.25) is 4.79 Å². The van der Waals surface area contributed by atoms with E-state index < -0.39 is 0 Å². The summed E-state index contributed by atoms with van der Waals surface area (Å²) in [5.74, 6) is 0.563. The van der Waals surface area contributed by atoms with Gasteiger partial charge in [-0.15, -0.1) is 0 Å². The molecule has 1 N–H and O–H groups in total. The summed E-state index contributed by atoms with van der Waals surface area (Å²) in [6, 6.07) is 1.78. The van der Waals surface area contributed by atoms with Crippen molar-refractivity contribution in [1.82, 2.24) is 19.9 Å². The van der Waals surface area contributed by atoms with Crippen LogP contribution >= 0.6 is 0 Å². The van der Waals surface area contributed by atoms with Gasteiger partial charge in [0.15, 0.2) is 5.65 Å². The van der Waals surface area contributed by atoms with E-state index in [2.05, 4.69) is 29.2 Å². The zero-order chi connectivity index (χ0) is 13.0. The van der Waals surface area contributed by atoms with Gasteiger partial charge in [-0.25, -0.2) is 9.50 Å². The van der Waals surface area contributed by atoms with E-state index >= 15 is 0 Å². The zero-order valence-electron chi connectivity index (χ0n) is 10.8. The molecule has 2 rings (SSSR count). The van der Waals surface area contributed by atoms with Gasteiger partial charge in [-0.2, -0.15) is 5.10 Å². The molecule has 0 unspecified atom stereocenters. The van der Waals surface area contributed by atoms with Gasteiger partial charge >= 0.3 is 0 Å². The summed E-state index contributed by atoms with van der Waals surface area (Å²) >= 11 is 0. The highest BCUT2D eigenvalue weighted by Gasteiger charge is 2.12. The van der Waals surface area contributed by atoms with Gasteiger partial charge in [0.05, 0.1) is 6.20 Å². The molecule has 2 aromatic rings. The molecule has 2 heterocycles. The highest BCUT2D eigenvalue weighted by atomic mass is 16.1. The maximum Gasteiger partial charge on any atom is 0.256 e. The summed E-state index contributed by atoms with van der Waals surface area (Å²) in [5, 5.41) is 6.99. The average molecular weight is 246 g/mol. The Balaban J connectivity index is 1.97. The number of fused-ring (bicyclic) bond motifs is 1. The summed E-state index contributed by atoms with van der Waals surface area (Å²) in [7, 11) is 0. The number of rotatable bonds is 5. The maximum absolute atomic E-state index is 12.0. The van der Waals surface area contributed by atoms with Crippen molar-refractivity contribution < 1.29 is 4.79 Å². The van der Waals surface area contributed by atoms with Crippen molar-refractivity contribution in [2.24, 2.45) is 5.92 Å². The van der Waals surface area contributed by atoms with E-state index in [0.717, 1.165) is 12.8 Å². The van der Waals surface area contributed by atoms with Crippen molar-refractivity contribution in [3.63, 3.8) is 0 Å². The zero-order valence-corrected chi connectivity index (χ0v) is 10.8. The van der Waals surface area contributed by atoms with Crippen LogP contribution in [0.4, 0.5) is 0 Å². The highest BCUT2D eigenvalue weighted by molar-refractivity contribution is 5.99. The van der Waals surface area contributed by atoms with Crippen molar-refractivity contribution in [2.75, 3.05) is 6.54 Å². The van der Waals surface area contributed by atoms with E-state index in [4.69, 9.17) is 0 Å². The fourth-order valence-corrected chi connectivity index (χ4v) is 1.79. The van der Waals surface area contributed by atoms with Crippen molar-refractivity contribution in [3.8, 4) is 0 Å². The molecule has 0 aliphatic carbocycles. The third kappa shape index (κ3) is 2.85. The van der Waals surface area contributed by atoms with Gasteiger partial charge in [0.1, 0.15) is 5.56 Å². The Kier molecular flexibility index (Phi) is 3.92. The van der Waals surface area contributed by atoms with Crippen molar-refractivity contribution in [2.45, 2.75) is 26.7 Å². The maximum atomic E-state index is 12.0. The molecule has 2 aromatic heterocycles. The predicted octanol–water partition coefficient (Wildman–Crippen LogP) is 1.90. The van der Waals surface area contributed by atoms with Crippen molar-refractivity contribution >= 4 is 11.6 Å². The first-order valence-electron chi connectivity index (χ1n) is 6.25. The van der Waals surface area contributed by atoms with Gasteiger partial charge in [0.2, 0.25) is 0 Å². The minimum atomic E-state index is -0.104. The topological polar surface area (TPSA) is 59.3 Å². The number of carbonyl (C=O) groups is 1. The molecule has 96 valence electrons. The molecule has 0 aliphatic rings. The number of nitrogens with one attached hydrogen (secondary N) is 1. The lowest BCUT2D eigenvalue weighted by Crippen LogP contribution is -2.24. The van der Waals surface area contributed by atoms with Crippen LogP contribution < -0.4 is 5.32 Å². The smallest absolute Gasteiger partial charge is 0.256 e. The Morgan fingerprint density at radius 2 is 2.33 bits per heavy atom. The molecule has 0 aromatic carbocycles. The fraction of sp³-hybridized carbons (Fsp3) is 0.462. The number of hydrogen-bond donors (Lipinski definition) is 1. The summed E-state index contributed by atoms with van der Waals surface area (Å²) in [4.78, 5) is 16.1. The molecule has 0 aliphatic heterocycles. The van der Waals surface area contributed by atoms with Crippen molar-refractivity contribution in [1.29, 1.82) is 0 Å². The fourth-order valence-electron chi connectivity index (χ4n) is 1.79. The Morgan fingerprint density at radius 1 is 1.50 bits per heavy atom.